The van der Waals surface area contributed by atoms with Crippen LogP contribution < -0.4 is 0 Å². The van der Waals surface area contributed by atoms with Gasteiger partial charge in [0, 0.05) is 0 Å². The molecule has 5 nitrogen and oxygen atoms in total. The Labute approximate surface area is 104 Å². The van der Waals surface area contributed by atoms with E-state index in [9.17, 15) is 4.79 Å². The summed E-state index contributed by atoms with van der Waals surface area (Å²) >= 11 is 0. The minimum atomic E-state index is -0.948. The van der Waals surface area contributed by atoms with Crippen LogP contribution in [-0.2, 0) is 0 Å². The predicted molar refractivity (Wildman–Crippen MR) is 66.6 cm³/mol. The van der Waals surface area contributed by atoms with Crippen molar-refractivity contribution >= 4 is 17.0 Å². The average Bonchev–Trinajstić information content (AvgIpc) is 2.83. The van der Waals surface area contributed by atoms with Crippen molar-refractivity contribution in [2.75, 3.05) is 0 Å². The van der Waals surface area contributed by atoms with Gasteiger partial charge in [0.1, 0.15) is 5.52 Å². The van der Waals surface area contributed by atoms with Gasteiger partial charge < -0.3 is 5.11 Å². The van der Waals surface area contributed by atoms with Crippen LogP contribution in [-0.4, -0.2) is 26.1 Å². The number of aromatic nitrogens is 3. The first-order valence-corrected chi connectivity index (χ1v) is 6.34. The predicted octanol–water partition coefficient (Wildman–Crippen LogP) is 2.63. The molecule has 0 aliphatic heterocycles. The van der Waals surface area contributed by atoms with E-state index in [0.717, 1.165) is 18.4 Å². The molecule has 0 bridgehead atoms. The van der Waals surface area contributed by atoms with E-state index < -0.39 is 5.97 Å². The summed E-state index contributed by atoms with van der Waals surface area (Å²) in [5.41, 5.74) is 1.56. The SMILES string of the molecule is O=C(O)c1cccc2c1nnn2C1CCCCC1. The second-order valence-electron chi connectivity index (χ2n) is 4.80. The van der Waals surface area contributed by atoms with Crippen molar-refractivity contribution in [1.29, 1.82) is 0 Å². The Morgan fingerprint density at radius 1 is 1.28 bits per heavy atom. The fourth-order valence-corrected chi connectivity index (χ4v) is 2.73. The van der Waals surface area contributed by atoms with Gasteiger partial charge in [0.15, 0.2) is 0 Å². The molecule has 5 heteroatoms. The lowest BCUT2D eigenvalue weighted by Crippen LogP contribution is -2.14. The maximum atomic E-state index is 11.1. The lowest BCUT2D eigenvalue weighted by Gasteiger charge is -2.21. The Balaban J connectivity index is 2.08. The van der Waals surface area contributed by atoms with Crippen LogP contribution in [0.15, 0.2) is 18.2 Å². The van der Waals surface area contributed by atoms with E-state index in [1.165, 1.54) is 19.3 Å². The standard InChI is InChI=1S/C13H15N3O2/c17-13(18)10-7-4-8-11-12(10)14-15-16(11)9-5-2-1-3-6-9/h4,7-9H,1-3,5-6H2,(H,17,18). The Morgan fingerprint density at radius 2 is 2.06 bits per heavy atom. The van der Waals surface area contributed by atoms with Crippen LogP contribution in [0.2, 0.25) is 0 Å². The molecule has 0 atom stereocenters. The topological polar surface area (TPSA) is 68.0 Å². The van der Waals surface area contributed by atoms with Crippen LogP contribution >= 0.6 is 0 Å². The summed E-state index contributed by atoms with van der Waals surface area (Å²) in [4.78, 5) is 11.1. The number of carboxylic acids is 1. The lowest BCUT2D eigenvalue weighted by molar-refractivity contribution is 0.0699. The fourth-order valence-electron chi connectivity index (χ4n) is 2.73. The highest BCUT2D eigenvalue weighted by Gasteiger charge is 2.20. The van der Waals surface area contributed by atoms with Gasteiger partial charge in [-0.25, -0.2) is 9.48 Å². The van der Waals surface area contributed by atoms with Crippen molar-refractivity contribution in [2.24, 2.45) is 0 Å². The number of carbonyl (C=O) groups is 1. The molecule has 0 amide bonds. The summed E-state index contributed by atoms with van der Waals surface area (Å²) < 4.78 is 1.90. The molecule has 0 saturated heterocycles. The molecule has 94 valence electrons. The molecule has 0 radical (unpaired) electrons. The van der Waals surface area contributed by atoms with Crippen molar-refractivity contribution in [2.45, 2.75) is 38.1 Å². The normalized spacial score (nSPS) is 17.1. The minimum absolute atomic E-state index is 0.231. The second-order valence-corrected chi connectivity index (χ2v) is 4.80. The summed E-state index contributed by atoms with van der Waals surface area (Å²) in [5.74, 6) is -0.948. The number of fused-ring (bicyclic) bond motifs is 1. The number of rotatable bonds is 2. The van der Waals surface area contributed by atoms with Gasteiger partial charge in [0.05, 0.1) is 17.1 Å². The Hall–Kier alpha value is -1.91. The van der Waals surface area contributed by atoms with Gasteiger partial charge >= 0.3 is 5.97 Å². The van der Waals surface area contributed by atoms with E-state index in [1.807, 2.05) is 10.7 Å². The molecule has 1 saturated carbocycles. The molecule has 18 heavy (non-hydrogen) atoms. The summed E-state index contributed by atoms with van der Waals surface area (Å²) in [5, 5.41) is 17.3. The Morgan fingerprint density at radius 3 is 2.78 bits per heavy atom. The van der Waals surface area contributed by atoms with E-state index in [0.29, 0.717) is 11.6 Å². The van der Waals surface area contributed by atoms with Crippen molar-refractivity contribution in [3.05, 3.63) is 23.8 Å². The van der Waals surface area contributed by atoms with Crippen LogP contribution in [0.1, 0.15) is 48.5 Å². The van der Waals surface area contributed by atoms with Crippen LogP contribution in [0.25, 0.3) is 11.0 Å². The molecule has 1 fully saturated rings. The largest absolute Gasteiger partial charge is 0.478 e. The lowest BCUT2D eigenvalue weighted by atomic mass is 9.95. The average molecular weight is 245 g/mol. The smallest absolute Gasteiger partial charge is 0.338 e. The number of hydrogen-bond donors (Lipinski definition) is 1. The highest BCUT2D eigenvalue weighted by atomic mass is 16.4. The summed E-state index contributed by atoms with van der Waals surface area (Å²) in [7, 11) is 0. The summed E-state index contributed by atoms with van der Waals surface area (Å²) in [6.45, 7) is 0. The number of carboxylic acid groups (broad SMARTS) is 1. The third-order valence-corrected chi connectivity index (χ3v) is 3.65. The maximum Gasteiger partial charge on any atom is 0.338 e. The first kappa shape index (κ1) is 11.2. The quantitative estimate of drug-likeness (QED) is 0.883. The molecule has 0 unspecified atom stereocenters. The number of nitrogens with zero attached hydrogens (tertiary/aromatic N) is 3. The van der Waals surface area contributed by atoms with Crippen LogP contribution in [0.3, 0.4) is 0 Å². The van der Waals surface area contributed by atoms with Crippen LogP contribution in [0.4, 0.5) is 0 Å². The van der Waals surface area contributed by atoms with Crippen LogP contribution in [0.5, 0.6) is 0 Å². The van der Waals surface area contributed by atoms with Gasteiger partial charge in [-0.3, -0.25) is 0 Å². The molecule has 0 spiro atoms. The number of aromatic carboxylic acids is 1. The summed E-state index contributed by atoms with van der Waals surface area (Å²) in [6.07, 6.45) is 5.92. The van der Waals surface area contributed by atoms with E-state index in [4.69, 9.17) is 5.11 Å². The van der Waals surface area contributed by atoms with E-state index >= 15 is 0 Å². The molecule has 1 aromatic heterocycles. The highest BCUT2D eigenvalue weighted by molar-refractivity contribution is 6.00. The second kappa shape index (κ2) is 4.40. The highest BCUT2D eigenvalue weighted by Crippen LogP contribution is 2.30. The zero-order chi connectivity index (χ0) is 12.5. The van der Waals surface area contributed by atoms with Crippen molar-refractivity contribution < 1.29 is 9.90 Å². The Kier molecular flexibility index (Phi) is 2.74. The van der Waals surface area contributed by atoms with Crippen molar-refractivity contribution in [3.8, 4) is 0 Å². The first-order chi connectivity index (χ1) is 8.77. The minimum Gasteiger partial charge on any atom is -0.478 e. The summed E-state index contributed by atoms with van der Waals surface area (Å²) in [6, 6.07) is 5.60. The zero-order valence-electron chi connectivity index (χ0n) is 10.0. The maximum absolute atomic E-state index is 11.1. The van der Waals surface area contributed by atoms with Crippen molar-refractivity contribution in [3.63, 3.8) is 0 Å². The van der Waals surface area contributed by atoms with Gasteiger partial charge in [-0.1, -0.05) is 30.5 Å². The van der Waals surface area contributed by atoms with Gasteiger partial charge in [-0.15, -0.1) is 5.10 Å². The van der Waals surface area contributed by atoms with Gasteiger partial charge in [0.2, 0.25) is 0 Å². The van der Waals surface area contributed by atoms with Crippen LogP contribution in [0, 0.1) is 0 Å². The molecule has 1 N–H and O–H groups in total. The molecule has 1 aromatic carbocycles. The molecule has 1 aliphatic carbocycles. The molecule has 2 aromatic rings. The Bertz CT molecular complexity index is 585. The van der Waals surface area contributed by atoms with E-state index in [-0.39, 0.29) is 5.56 Å². The molecular formula is C13H15N3O2. The monoisotopic (exact) mass is 245 g/mol. The molecule has 1 aliphatic rings. The number of benzene rings is 1. The fraction of sp³-hybridized carbons (Fsp3) is 0.462. The van der Waals surface area contributed by atoms with E-state index in [2.05, 4.69) is 10.3 Å². The molecule has 3 rings (SSSR count). The van der Waals surface area contributed by atoms with Crippen molar-refractivity contribution in [1.82, 2.24) is 15.0 Å². The molecule has 1 heterocycles. The van der Waals surface area contributed by atoms with Gasteiger partial charge in [0.25, 0.3) is 0 Å². The first-order valence-electron chi connectivity index (χ1n) is 6.34. The van der Waals surface area contributed by atoms with E-state index in [1.54, 1.807) is 12.1 Å². The number of hydrogen-bond acceptors (Lipinski definition) is 3. The third-order valence-electron chi connectivity index (χ3n) is 3.65. The third kappa shape index (κ3) is 1.75. The molecular weight excluding hydrogens is 230 g/mol. The van der Waals surface area contributed by atoms with Gasteiger partial charge in [-0.05, 0) is 25.0 Å². The van der Waals surface area contributed by atoms with Gasteiger partial charge in [-0.2, -0.15) is 0 Å². The zero-order valence-corrected chi connectivity index (χ0v) is 10.0.